The summed E-state index contributed by atoms with van der Waals surface area (Å²) in [5, 5.41) is 9.20. The minimum absolute atomic E-state index is 0.332. The average molecular weight is 414 g/mol. The first-order valence-corrected chi connectivity index (χ1v) is 9.09. The summed E-state index contributed by atoms with van der Waals surface area (Å²) >= 11 is 5.77. The number of rotatable bonds is 5. The molecular weight excluding hydrogens is 395 g/mol. The first-order chi connectivity index (χ1) is 13.2. The lowest BCUT2D eigenvalue weighted by Crippen LogP contribution is -2.39. The average Bonchev–Trinajstić information content (AvgIpc) is 3.12. The van der Waals surface area contributed by atoms with Gasteiger partial charge >= 0.3 is 12.1 Å². The molecule has 1 aliphatic heterocycles. The lowest BCUT2D eigenvalue weighted by Gasteiger charge is -2.32. The molecule has 2 atom stereocenters. The molecule has 0 aromatic heterocycles. The van der Waals surface area contributed by atoms with Crippen LogP contribution in [0, 0.1) is 0 Å². The zero-order valence-corrected chi connectivity index (χ0v) is 15.8. The van der Waals surface area contributed by atoms with E-state index in [2.05, 4.69) is 0 Å². The number of aliphatic carboxylic acids is 1. The van der Waals surface area contributed by atoms with Gasteiger partial charge in [-0.15, -0.1) is 0 Å². The number of carbonyl (C=O) groups is 1. The maximum Gasteiger partial charge on any atom is 0.417 e. The van der Waals surface area contributed by atoms with E-state index in [9.17, 15) is 23.1 Å². The molecule has 1 heterocycles. The molecule has 0 spiro atoms. The topological polar surface area (TPSA) is 49.8 Å². The number of carboxylic acid groups (broad SMARTS) is 1. The Hall–Kier alpha value is -2.25. The molecule has 1 aliphatic rings. The highest BCUT2D eigenvalue weighted by molar-refractivity contribution is 6.31. The van der Waals surface area contributed by atoms with Crippen LogP contribution in [0.2, 0.25) is 5.02 Å². The van der Waals surface area contributed by atoms with Crippen LogP contribution in [-0.2, 0) is 11.0 Å². The van der Waals surface area contributed by atoms with Gasteiger partial charge in [-0.25, -0.2) is 0 Å². The second-order valence-electron chi connectivity index (χ2n) is 6.65. The molecule has 1 N–H and O–H groups in total. The molecular formula is C20H19ClF3NO3. The van der Waals surface area contributed by atoms with Crippen molar-refractivity contribution < 1.29 is 27.8 Å². The summed E-state index contributed by atoms with van der Waals surface area (Å²) in [7, 11) is 1.49. The van der Waals surface area contributed by atoms with Crippen LogP contribution in [0.1, 0.15) is 35.6 Å². The molecule has 0 amide bonds. The molecule has 3 rings (SSSR count). The van der Waals surface area contributed by atoms with Crippen LogP contribution >= 0.6 is 11.6 Å². The number of benzene rings is 2. The fourth-order valence-electron chi connectivity index (χ4n) is 3.68. The zero-order chi connectivity index (χ0) is 20.5. The van der Waals surface area contributed by atoms with E-state index in [0.717, 1.165) is 6.07 Å². The minimum atomic E-state index is -4.61. The number of carboxylic acids is 1. The van der Waals surface area contributed by atoms with Crippen molar-refractivity contribution in [1.82, 2.24) is 4.90 Å². The monoisotopic (exact) mass is 413 g/mol. The first kappa shape index (κ1) is 20.5. The first-order valence-electron chi connectivity index (χ1n) is 8.71. The van der Waals surface area contributed by atoms with Crippen LogP contribution in [0.5, 0.6) is 5.75 Å². The van der Waals surface area contributed by atoms with E-state index < -0.39 is 34.8 Å². The highest BCUT2D eigenvalue weighted by atomic mass is 35.5. The second kappa shape index (κ2) is 8.01. The summed E-state index contributed by atoms with van der Waals surface area (Å²) in [5.41, 5.74) is 0.0479. The van der Waals surface area contributed by atoms with Gasteiger partial charge < -0.3 is 9.84 Å². The molecule has 8 heteroatoms. The van der Waals surface area contributed by atoms with Gasteiger partial charge in [0.2, 0.25) is 0 Å². The number of methoxy groups -OCH3 is 1. The smallest absolute Gasteiger partial charge is 0.417 e. The lowest BCUT2D eigenvalue weighted by molar-refractivity contribution is -0.143. The van der Waals surface area contributed by atoms with Gasteiger partial charge in [0.25, 0.3) is 0 Å². The van der Waals surface area contributed by atoms with E-state index in [1.807, 2.05) is 0 Å². The fraction of sp³-hybridized carbons (Fsp3) is 0.350. The Morgan fingerprint density at radius 2 is 1.96 bits per heavy atom. The molecule has 0 bridgehead atoms. The largest absolute Gasteiger partial charge is 0.497 e. The normalized spacial score (nSPS) is 18.8. The van der Waals surface area contributed by atoms with Crippen LogP contribution in [0.15, 0.2) is 42.5 Å². The highest BCUT2D eigenvalue weighted by Gasteiger charge is 2.39. The van der Waals surface area contributed by atoms with Crippen LogP contribution in [0.3, 0.4) is 0 Å². The number of likely N-dealkylation sites (tertiary alicyclic amines) is 1. The predicted octanol–water partition coefficient (Wildman–Crippen LogP) is 5.01. The third kappa shape index (κ3) is 4.10. The molecule has 28 heavy (non-hydrogen) atoms. The Morgan fingerprint density at radius 1 is 1.25 bits per heavy atom. The molecule has 0 saturated carbocycles. The number of halogens is 4. The van der Waals surface area contributed by atoms with E-state index in [1.165, 1.54) is 19.2 Å². The molecule has 0 radical (unpaired) electrons. The van der Waals surface area contributed by atoms with Crippen molar-refractivity contribution in [3.8, 4) is 5.75 Å². The minimum Gasteiger partial charge on any atom is -0.497 e. The molecule has 1 saturated heterocycles. The quantitative estimate of drug-likeness (QED) is 0.749. The maximum absolute atomic E-state index is 13.4. The summed E-state index contributed by atoms with van der Waals surface area (Å²) in [5.74, 6) is -0.450. The third-order valence-corrected chi connectivity index (χ3v) is 5.26. The van der Waals surface area contributed by atoms with E-state index in [4.69, 9.17) is 16.3 Å². The lowest BCUT2D eigenvalue weighted by atomic mass is 9.94. The summed E-state index contributed by atoms with van der Waals surface area (Å²) in [6.07, 6.45) is -3.52. The highest BCUT2D eigenvalue weighted by Crippen LogP contribution is 2.40. The van der Waals surface area contributed by atoms with Gasteiger partial charge in [0.05, 0.1) is 23.7 Å². The van der Waals surface area contributed by atoms with E-state index in [1.54, 1.807) is 29.2 Å². The van der Waals surface area contributed by atoms with E-state index >= 15 is 0 Å². The second-order valence-corrected chi connectivity index (χ2v) is 7.06. The molecule has 2 unspecified atom stereocenters. The van der Waals surface area contributed by atoms with Crippen molar-refractivity contribution in [2.45, 2.75) is 31.1 Å². The molecule has 4 nitrogen and oxygen atoms in total. The van der Waals surface area contributed by atoms with Crippen molar-refractivity contribution in [3.63, 3.8) is 0 Å². The molecule has 1 fully saturated rings. The molecule has 150 valence electrons. The Morgan fingerprint density at radius 3 is 2.61 bits per heavy atom. The Bertz CT molecular complexity index is 872. The number of hydrogen-bond acceptors (Lipinski definition) is 3. The van der Waals surface area contributed by atoms with Gasteiger partial charge in [0.15, 0.2) is 0 Å². The van der Waals surface area contributed by atoms with E-state index in [-0.39, 0.29) is 0 Å². The van der Waals surface area contributed by atoms with Gasteiger partial charge in [-0.1, -0.05) is 29.8 Å². The van der Waals surface area contributed by atoms with Crippen LogP contribution in [-0.4, -0.2) is 35.7 Å². The summed E-state index contributed by atoms with van der Waals surface area (Å²) in [4.78, 5) is 13.4. The number of hydrogen-bond donors (Lipinski definition) is 1. The number of ether oxygens (including phenoxy) is 1. The van der Waals surface area contributed by atoms with Gasteiger partial charge in [-0.05, 0) is 48.2 Å². The zero-order valence-electron chi connectivity index (χ0n) is 15.0. The van der Waals surface area contributed by atoms with Crippen molar-refractivity contribution in [2.24, 2.45) is 0 Å². The van der Waals surface area contributed by atoms with Crippen LogP contribution in [0.4, 0.5) is 13.2 Å². The third-order valence-electron chi connectivity index (χ3n) is 4.93. The predicted molar refractivity (Wildman–Crippen MR) is 98.7 cm³/mol. The van der Waals surface area contributed by atoms with Crippen molar-refractivity contribution in [2.75, 3.05) is 13.7 Å². The maximum atomic E-state index is 13.4. The molecule has 0 aliphatic carbocycles. The number of alkyl halides is 3. The van der Waals surface area contributed by atoms with Crippen molar-refractivity contribution in [1.29, 1.82) is 0 Å². The molecule has 2 aromatic carbocycles. The van der Waals surface area contributed by atoms with Crippen LogP contribution < -0.4 is 4.74 Å². The standard InChI is InChI=1S/C20H19ClF3NO3/c1-28-14-5-2-4-12(10-14)18(25-9-3-6-17(25)19(26)27)13-7-8-16(21)15(11-13)20(22,23)24/h2,4-5,7-8,10-11,17-18H,3,6,9H2,1H3,(H,26,27). The Labute approximate surface area is 165 Å². The summed E-state index contributed by atoms with van der Waals surface area (Å²) in [6, 6.07) is 9.20. The van der Waals surface area contributed by atoms with Gasteiger partial charge in [0.1, 0.15) is 11.8 Å². The van der Waals surface area contributed by atoms with Crippen LogP contribution in [0.25, 0.3) is 0 Å². The Kier molecular flexibility index (Phi) is 5.86. The SMILES string of the molecule is COc1cccc(C(c2ccc(Cl)c(C(F)(F)F)c2)N2CCCC2C(=O)O)c1. The summed E-state index contributed by atoms with van der Waals surface area (Å²) in [6.45, 7) is 0.461. The van der Waals surface area contributed by atoms with Crippen molar-refractivity contribution in [3.05, 3.63) is 64.2 Å². The fourth-order valence-corrected chi connectivity index (χ4v) is 3.91. The van der Waals surface area contributed by atoms with Crippen molar-refractivity contribution >= 4 is 17.6 Å². The molecule has 2 aromatic rings. The summed E-state index contributed by atoms with van der Waals surface area (Å²) < 4.78 is 45.4. The van der Waals surface area contributed by atoms with Gasteiger partial charge in [0, 0.05) is 6.54 Å². The number of nitrogens with zero attached hydrogens (tertiary/aromatic N) is 1. The van der Waals surface area contributed by atoms with E-state index in [0.29, 0.717) is 36.3 Å². The van der Waals surface area contributed by atoms with Gasteiger partial charge in [-0.3, -0.25) is 9.69 Å². The van der Waals surface area contributed by atoms with Gasteiger partial charge in [-0.2, -0.15) is 13.2 Å². The Balaban J connectivity index is 2.15.